The van der Waals surface area contributed by atoms with Crippen molar-refractivity contribution in [1.29, 1.82) is 5.26 Å². The normalized spacial score (nSPS) is 18.9. The van der Waals surface area contributed by atoms with Crippen LogP contribution in [0.5, 0.6) is 0 Å². The first-order chi connectivity index (χ1) is 5.93. The first kappa shape index (κ1) is 9.54. The molecule has 0 spiro atoms. The van der Waals surface area contributed by atoms with Gasteiger partial charge in [0, 0.05) is 13.0 Å². The highest BCUT2D eigenvalue weighted by Gasteiger charge is 2.11. The van der Waals surface area contributed by atoms with Gasteiger partial charge in [-0.1, -0.05) is 19.3 Å². The van der Waals surface area contributed by atoms with Crippen molar-refractivity contribution in [3.8, 4) is 6.07 Å². The lowest BCUT2D eigenvalue weighted by Crippen LogP contribution is -2.25. The highest BCUT2D eigenvalue weighted by Crippen LogP contribution is 2.22. The lowest BCUT2D eigenvalue weighted by molar-refractivity contribution is 0.344. The van der Waals surface area contributed by atoms with Crippen molar-refractivity contribution in [2.24, 2.45) is 5.92 Å². The molecule has 0 saturated heterocycles. The Hall–Kier alpha value is -0.550. The summed E-state index contributed by atoms with van der Waals surface area (Å²) in [6, 6.07) is 2.14. The molecule has 1 fully saturated rings. The van der Waals surface area contributed by atoms with Crippen LogP contribution in [0.1, 0.15) is 38.5 Å². The fourth-order valence-electron chi connectivity index (χ4n) is 1.84. The fraction of sp³-hybridized carbons (Fsp3) is 0.900. The minimum absolute atomic E-state index is 0.646. The number of rotatable bonds is 4. The van der Waals surface area contributed by atoms with Crippen molar-refractivity contribution in [1.82, 2.24) is 5.32 Å². The summed E-state index contributed by atoms with van der Waals surface area (Å²) in [5.74, 6) is 0.887. The van der Waals surface area contributed by atoms with Gasteiger partial charge in [0.15, 0.2) is 0 Å². The zero-order valence-electron chi connectivity index (χ0n) is 7.68. The second-order valence-corrected chi connectivity index (χ2v) is 3.62. The molecule has 1 N–H and O–H groups in total. The number of hydrogen-bond acceptors (Lipinski definition) is 2. The summed E-state index contributed by atoms with van der Waals surface area (Å²) in [7, 11) is 0. The second-order valence-electron chi connectivity index (χ2n) is 3.62. The predicted molar refractivity (Wildman–Crippen MR) is 49.7 cm³/mol. The van der Waals surface area contributed by atoms with Crippen molar-refractivity contribution in [2.45, 2.75) is 38.5 Å². The summed E-state index contributed by atoms with van der Waals surface area (Å²) < 4.78 is 0. The van der Waals surface area contributed by atoms with Crippen LogP contribution in [0.15, 0.2) is 0 Å². The Kier molecular flexibility index (Phi) is 4.79. The monoisotopic (exact) mass is 166 g/mol. The zero-order valence-corrected chi connectivity index (χ0v) is 7.68. The Balaban J connectivity index is 1.95. The number of nitrogens with zero attached hydrogens (tertiary/aromatic N) is 1. The van der Waals surface area contributed by atoms with Crippen LogP contribution in [0, 0.1) is 17.2 Å². The molecule has 2 heteroatoms. The molecule has 0 radical (unpaired) electrons. The van der Waals surface area contributed by atoms with E-state index in [4.69, 9.17) is 5.26 Å². The van der Waals surface area contributed by atoms with E-state index in [1.54, 1.807) is 0 Å². The minimum atomic E-state index is 0.646. The van der Waals surface area contributed by atoms with E-state index in [-0.39, 0.29) is 0 Å². The van der Waals surface area contributed by atoms with Gasteiger partial charge in [-0.05, 0) is 25.3 Å². The van der Waals surface area contributed by atoms with Crippen LogP contribution >= 0.6 is 0 Å². The Morgan fingerprint density at radius 1 is 1.25 bits per heavy atom. The van der Waals surface area contributed by atoms with E-state index in [9.17, 15) is 0 Å². The Morgan fingerprint density at radius 2 is 2.00 bits per heavy atom. The Labute approximate surface area is 75.0 Å². The van der Waals surface area contributed by atoms with Gasteiger partial charge in [0.2, 0.25) is 0 Å². The SMILES string of the molecule is N#CCCNCC1CCCCC1. The zero-order chi connectivity index (χ0) is 8.65. The van der Waals surface area contributed by atoms with Gasteiger partial charge in [0.05, 0.1) is 6.07 Å². The van der Waals surface area contributed by atoms with Crippen LogP contribution in [0.4, 0.5) is 0 Å². The van der Waals surface area contributed by atoms with Gasteiger partial charge in [0.25, 0.3) is 0 Å². The lowest BCUT2D eigenvalue weighted by Gasteiger charge is -2.21. The maximum Gasteiger partial charge on any atom is 0.0635 e. The molecule has 2 nitrogen and oxygen atoms in total. The molecule has 0 atom stereocenters. The topological polar surface area (TPSA) is 35.8 Å². The molecule has 0 aliphatic heterocycles. The van der Waals surface area contributed by atoms with E-state index in [0.717, 1.165) is 19.0 Å². The molecule has 0 aromatic carbocycles. The summed E-state index contributed by atoms with van der Waals surface area (Å²) in [4.78, 5) is 0. The highest BCUT2D eigenvalue weighted by atomic mass is 14.9. The summed E-state index contributed by atoms with van der Waals surface area (Å²) >= 11 is 0. The smallest absolute Gasteiger partial charge is 0.0635 e. The van der Waals surface area contributed by atoms with Gasteiger partial charge in [-0.25, -0.2) is 0 Å². The van der Waals surface area contributed by atoms with Crippen molar-refractivity contribution in [3.63, 3.8) is 0 Å². The van der Waals surface area contributed by atoms with Gasteiger partial charge in [-0.15, -0.1) is 0 Å². The summed E-state index contributed by atoms with van der Waals surface area (Å²) in [5.41, 5.74) is 0. The summed E-state index contributed by atoms with van der Waals surface area (Å²) in [5, 5.41) is 11.6. The molecule has 1 aliphatic rings. The first-order valence-electron chi connectivity index (χ1n) is 5.01. The Morgan fingerprint density at radius 3 is 2.67 bits per heavy atom. The maximum atomic E-state index is 8.31. The van der Waals surface area contributed by atoms with Crippen molar-refractivity contribution < 1.29 is 0 Å². The first-order valence-corrected chi connectivity index (χ1v) is 5.01. The van der Waals surface area contributed by atoms with Crippen LogP contribution < -0.4 is 5.32 Å². The minimum Gasteiger partial charge on any atom is -0.315 e. The molecule has 0 heterocycles. The van der Waals surface area contributed by atoms with E-state index >= 15 is 0 Å². The number of nitrogens with one attached hydrogen (secondary N) is 1. The molecule has 12 heavy (non-hydrogen) atoms. The molecular weight excluding hydrogens is 148 g/mol. The largest absolute Gasteiger partial charge is 0.315 e. The van der Waals surface area contributed by atoms with Crippen molar-refractivity contribution >= 4 is 0 Å². The summed E-state index contributed by atoms with van der Waals surface area (Å²) in [6.45, 7) is 1.99. The van der Waals surface area contributed by atoms with Crippen molar-refractivity contribution in [3.05, 3.63) is 0 Å². The Bertz CT molecular complexity index is 142. The third-order valence-electron chi connectivity index (χ3n) is 2.57. The van der Waals surface area contributed by atoms with Gasteiger partial charge in [-0.2, -0.15) is 5.26 Å². The third kappa shape index (κ3) is 3.73. The standard InChI is InChI=1S/C10H18N2/c11-7-4-8-12-9-10-5-2-1-3-6-10/h10,12H,1-6,8-9H2. The molecule has 0 unspecified atom stereocenters. The average Bonchev–Trinajstić information content (AvgIpc) is 2.14. The molecule has 0 aromatic heterocycles. The van der Waals surface area contributed by atoms with E-state index in [1.807, 2.05) is 0 Å². The number of hydrogen-bond donors (Lipinski definition) is 1. The van der Waals surface area contributed by atoms with E-state index in [1.165, 1.54) is 32.1 Å². The van der Waals surface area contributed by atoms with E-state index in [2.05, 4.69) is 11.4 Å². The van der Waals surface area contributed by atoms with E-state index < -0.39 is 0 Å². The van der Waals surface area contributed by atoms with Crippen LogP contribution in [0.25, 0.3) is 0 Å². The molecule has 68 valence electrons. The van der Waals surface area contributed by atoms with Gasteiger partial charge >= 0.3 is 0 Å². The van der Waals surface area contributed by atoms with Gasteiger partial charge in [-0.3, -0.25) is 0 Å². The lowest BCUT2D eigenvalue weighted by atomic mass is 9.89. The van der Waals surface area contributed by atoms with Crippen LogP contribution in [-0.2, 0) is 0 Å². The molecule has 1 rings (SSSR count). The van der Waals surface area contributed by atoms with Crippen LogP contribution in [0.3, 0.4) is 0 Å². The van der Waals surface area contributed by atoms with Gasteiger partial charge < -0.3 is 5.32 Å². The summed E-state index contributed by atoms with van der Waals surface area (Å²) in [6.07, 6.45) is 7.66. The van der Waals surface area contributed by atoms with Crippen molar-refractivity contribution in [2.75, 3.05) is 13.1 Å². The van der Waals surface area contributed by atoms with Crippen LogP contribution in [-0.4, -0.2) is 13.1 Å². The molecule has 0 aromatic rings. The molecular formula is C10H18N2. The maximum absolute atomic E-state index is 8.31. The molecule has 1 saturated carbocycles. The average molecular weight is 166 g/mol. The predicted octanol–water partition coefficient (Wildman–Crippen LogP) is 2.07. The number of nitriles is 1. The highest BCUT2D eigenvalue weighted by molar-refractivity contribution is 4.72. The van der Waals surface area contributed by atoms with Crippen LogP contribution in [0.2, 0.25) is 0 Å². The molecule has 0 bridgehead atoms. The second kappa shape index (κ2) is 6.02. The quantitative estimate of drug-likeness (QED) is 0.649. The molecule has 1 aliphatic carbocycles. The molecule has 0 amide bonds. The van der Waals surface area contributed by atoms with E-state index in [0.29, 0.717) is 6.42 Å². The third-order valence-corrected chi connectivity index (χ3v) is 2.57. The van der Waals surface area contributed by atoms with Gasteiger partial charge in [0.1, 0.15) is 0 Å². The fourth-order valence-corrected chi connectivity index (χ4v) is 1.84.